The first-order valence-electron chi connectivity index (χ1n) is 19.4. The lowest BCUT2D eigenvalue weighted by Crippen LogP contribution is -2.73. The first kappa shape index (κ1) is 32.0. The molecule has 0 atom stereocenters. The molecule has 12 rings (SSSR count). The van der Waals surface area contributed by atoms with E-state index in [1.165, 1.54) is 31.7 Å². The Bertz CT molecular complexity index is 3310. The van der Waals surface area contributed by atoms with Crippen LogP contribution in [0, 0.1) is 0 Å². The zero-order chi connectivity index (χ0) is 37.5. The smallest absolute Gasteiger partial charge is 0.185 e. The van der Waals surface area contributed by atoms with Crippen molar-refractivity contribution in [1.29, 1.82) is 0 Å². The fourth-order valence-corrected chi connectivity index (χ4v) is 14.8. The average molecular weight is 744 g/mol. The molecular formula is C52H33N3OSi. The van der Waals surface area contributed by atoms with E-state index in [0.717, 1.165) is 66.6 Å². The van der Waals surface area contributed by atoms with Crippen molar-refractivity contribution in [3.8, 4) is 39.6 Å². The van der Waals surface area contributed by atoms with Gasteiger partial charge in [0.1, 0.15) is 5.58 Å². The summed E-state index contributed by atoms with van der Waals surface area (Å²) in [5.74, 6) is 0.710. The van der Waals surface area contributed by atoms with Crippen molar-refractivity contribution in [1.82, 2.24) is 14.5 Å². The van der Waals surface area contributed by atoms with Gasteiger partial charge in [0.2, 0.25) is 0 Å². The predicted octanol–water partition coefficient (Wildman–Crippen LogP) is 10.2. The van der Waals surface area contributed by atoms with Gasteiger partial charge in [-0.2, -0.15) is 0 Å². The summed E-state index contributed by atoms with van der Waals surface area (Å²) >= 11 is 0. The van der Waals surface area contributed by atoms with Crippen molar-refractivity contribution in [2.24, 2.45) is 0 Å². The second-order valence-electron chi connectivity index (χ2n) is 14.8. The van der Waals surface area contributed by atoms with Crippen LogP contribution in [0.1, 0.15) is 0 Å². The van der Waals surface area contributed by atoms with Gasteiger partial charge >= 0.3 is 0 Å². The number of benzene rings is 8. The molecular weight excluding hydrogens is 711 g/mol. The van der Waals surface area contributed by atoms with Crippen LogP contribution >= 0.6 is 0 Å². The van der Waals surface area contributed by atoms with Crippen LogP contribution in [-0.2, 0) is 0 Å². The van der Waals surface area contributed by atoms with Crippen molar-refractivity contribution in [3.05, 3.63) is 200 Å². The highest BCUT2D eigenvalue weighted by molar-refractivity contribution is 7.22. The number of para-hydroxylation sites is 3. The summed E-state index contributed by atoms with van der Waals surface area (Å²) in [7, 11) is -3.01. The van der Waals surface area contributed by atoms with E-state index in [0.29, 0.717) is 5.82 Å². The summed E-state index contributed by atoms with van der Waals surface area (Å²) in [6, 6.07) is 71.9. The largest absolute Gasteiger partial charge is 0.454 e. The molecule has 266 valence electrons. The van der Waals surface area contributed by atoms with Crippen LogP contribution < -0.4 is 20.7 Å². The third kappa shape index (κ3) is 4.49. The Kier molecular flexibility index (Phi) is 6.91. The highest BCUT2D eigenvalue weighted by Gasteiger charge is 2.52. The highest BCUT2D eigenvalue weighted by atomic mass is 28.3. The summed E-state index contributed by atoms with van der Waals surface area (Å²) in [4.78, 5) is 11.3. The Morgan fingerprint density at radius 3 is 1.75 bits per heavy atom. The monoisotopic (exact) mass is 743 g/mol. The number of fused-ring (bicyclic) bond motifs is 10. The Balaban J connectivity index is 1.26. The van der Waals surface area contributed by atoms with Crippen molar-refractivity contribution >= 4 is 72.6 Å². The zero-order valence-electron chi connectivity index (χ0n) is 30.8. The number of rotatable bonds is 5. The molecule has 0 bridgehead atoms. The normalized spacial score (nSPS) is 13.1. The van der Waals surface area contributed by atoms with E-state index in [-0.39, 0.29) is 0 Å². The van der Waals surface area contributed by atoms with Crippen molar-refractivity contribution in [2.75, 3.05) is 0 Å². The SMILES string of the molecule is c1ccc(-c2nc(-c3ccccc3-n3c4ccccc4c4ccc5c6ccccc6oc5c43)c3c(n2)-c2ccccc2[Si]3(c2ccccc2)c2ccccc2)cc1. The molecule has 11 aromatic rings. The van der Waals surface area contributed by atoms with E-state index >= 15 is 0 Å². The van der Waals surface area contributed by atoms with Crippen LogP contribution in [0.2, 0.25) is 0 Å². The highest BCUT2D eigenvalue weighted by Crippen LogP contribution is 2.43. The zero-order valence-corrected chi connectivity index (χ0v) is 31.8. The average Bonchev–Trinajstić information content (AvgIpc) is 3.94. The second-order valence-corrected chi connectivity index (χ2v) is 18.5. The molecule has 5 heteroatoms. The van der Waals surface area contributed by atoms with Crippen LogP contribution in [-0.4, -0.2) is 22.6 Å². The lowest BCUT2D eigenvalue weighted by molar-refractivity contribution is 0.671. The van der Waals surface area contributed by atoms with E-state index in [1.807, 2.05) is 12.1 Å². The maximum Gasteiger partial charge on any atom is 0.185 e. The molecule has 0 spiro atoms. The molecule has 1 aliphatic rings. The maximum atomic E-state index is 6.81. The van der Waals surface area contributed by atoms with Crippen LogP contribution in [0.15, 0.2) is 205 Å². The third-order valence-corrected chi connectivity index (χ3v) is 16.8. The minimum Gasteiger partial charge on any atom is -0.454 e. The topological polar surface area (TPSA) is 43.9 Å². The number of aromatic nitrogens is 3. The molecule has 0 N–H and O–H groups in total. The van der Waals surface area contributed by atoms with Crippen LogP contribution in [0.3, 0.4) is 0 Å². The van der Waals surface area contributed by atoms with Crippen molar-refractivity contribution in [2.45, 2.75) is 0 Å². The second kappa shape index (κ2) is 12.3. The van der Waals surface area contributed by atoms with Gasteiger partial charge in [0.25, 0.3) is 0 Å². The molecule has 0 unspecified atom stereocenters. The predicted molar refractivity (Wildman–Crippen MR) is 237 cm³/mol. The first-order chi connectivity index (χ1) is 28.3. The minimum absolute atomic E-state index is 0.710. The molecule has 0 radical (unpaired) electrons. The molecule has 0 amide bonds. The van der Waals surface area contributed by atoms with Crippen LogP contribution in [0.4, 0.5) is 0 Å². The van der Waals surface area contributed by atoms with Gasteiger partial charge in [-0.1, -0.05) is 176 Å². The summed E-state index contributed by atoms with van der Waals surface area (Å²) in [6.07, 6.45) is 0. The summed E-state index contributed by atoms with van der Waals surface area (Å²) in [6.45, 7) is 0. The lowest BCUT2D eigenvalue weighted by Gasteiger charge is -2.32. The molecule has 0 saturated heterocycles. The van der Waals surface area contributed by atoms with Crippen LogP contribution in [0.25, 0.3) is 83.3 Å². The van der Waals surface area contributed by atoms with E-state index in [2.05, 4.69) is 193 Å². The van der Waals surface area contributed by atoms with Gasteiger partial charge in [0.05, 0.1) is 28.1 Å². The molecule has 57 heavy (non-hydrogen) atoms. The molecule has 4 nitrogen and oxygen atoms in total. The summed E-state index contributed by atoms with van der Waals surface area (Å²) in [5, 5.41) is 9.68. The standard InChI is InChI=1S/C52H33N3OSi/c1-4-18-34(19-5-1)52-53-47(51-48(54-52)42-27-13-17-31-46(42)57(51,35-20-6-2-7-21-35)36-22-8-3-9-23-36)41-26-11-15-29-44(41)55-43-28-14-10-24-37(43)39-32-33-40-38-25-12-16-30-45(38)56-50(40)49(39)55/h1-33H. The number of furan rings is 1. The number of hydrogen-bond donors (Lipinski definition) is 0. The molecule has 3 aromatic heterocycles. The summed E-state index contributed by atoms with van der Waals surface area (Å²) < 4.78 is 9.22. The lowest BCUT2D eigenvalue weighted by atomic mass is 10.0. The van der Waals surface area contributed by atoms with Gasteiger partial charge in [0, 0.05) is 43.4 Å². The van der Waals surface area contributed by atoms with Crippen molar-refractivity contribution < 1.29 is 4.42 Å². The first-order valence-corrected chi connectivity index (χ1v) is 21.4. The van der Waals surface area contributed by atoms with Gasteiger partial charge in [0.15, 0.2) is 19.5 Å². The Morgan fingerprint density at radius 1 is 0.439 bits per heavy atom. The summed E-state index contributed by atoms with van der Waals surface area (Å²) in [5.41, 5.74) is 10.1. The van der Waals surface area contributed by atoms with Crippen LogP contribution in [0.5, 0.6) is 0 Å². The Hall–Kier alpha value is -7.34. The van der Waals surface area contributed by atoms with E-state index in [1.54, 1.807) is 0 Å². The molecule has 0 aliphatic carbocycles. The van der Waals surface area contributed by atoms with E-state index in [9.17, 15) is 0 Å². The minimum atomic E-state index is -3.01. The molecule has 0 saturated carbocycles. The maximum absolute atomic E-state index is 6.81. The van der Waals surface area contributed by atoms with Gasteiger partial charge < -0.3 is 8.98 Å². The third-order valence-electron chi connectivity index (χ3n) is 11.9. The number of nitrogens with zero attached hydrogens (tertiary/aromatic N) is 3. The fourth-order valence-electron chi connectivity index (χ4n) is 9.57. The quantitative estimate of drug-likeness (QED) is 0.165. The number of hydrogen-bond acceptors (Lipinski definition) is 3. The molecule has 8 aromatic carbocycles. The molecule has 0 fully saturated rings. The Morgan fingerprint density at radius 2 is 1.00 bits per heavy atom. The van der Waals surface area contributed by atoms with Gasteiger partial charge in [-0.05, 0) is 39.8 Å². The Labute approximate surface area is 330 Å². The van der Waals surface area contributed by atoms with Crippen molar-refractivity contribution in [3.63, 3.8) is 0 Å². The fraction of sp³-hybridized carbons (Fsp3) is 0. The van der Waals surface area contributed by atoms with Gasteiger partial charge in [-0.3, -0.25) is 0 Å². The van der Waals surface area contributed by atoms with E-state index < -0.39 is 8.07 Å². The van der Waals surface area contributed by atoms with Gasteiger partial charge in [-0.15, -0.1) is 0 Å². The van der Waals surface area contributed by atoms with E-state index in [4.69, 9.17) is 14.4 Å². The molecule has 1 aliphatic heterocycles. The molecule has 4 heterocycles. The van der Waals surface area contributed by atoms with Gasteiger partial charge in [-0.25, -0.2) is 9.97 Å².